The summed E-state index contributed by atoms with van der Waals surface area (Å²) in [7, 11) is 4.10. The molecule has 178 valence electrons. The SMILES string of the molecule is CCNC(=NCc1ccccc1OCCN(C)C)NCC1CCCOC1C(C)(C)C.I. The van der Waals surface area contributed by atoms with E-state index in [1.165, 1.54) is 6.42 Å². The van der Waals surface area contributed by atoms with E-state index < -0.39 is 0 Å². The molecule has 6 nitrogen and oxygen atoms in total. The Kier molecular flexibility index (Phi) is 12.8. The summed E-state index contributed by atoms with van der Waals surface area (Å²) in [5.74, 6) is 2.25. The number of ether oxygens (including phenoxy) is 2. The van der Waals surface area contributed by atoms with Gasteiger partial charge in [-0.15, -0.1) is 24.0 Å². The van der Waals surface area contributed by atoms with Crippen LogP contribution in [-0.2, 0) is 11.3 Å². The largest absolute Gasteiger partial charge is 0.492 e. The number of halogens is 1. The zero-order chi connectivity index (χ0) is 22.0. The van der Waals surface area contributed by atoms with E-state index in [0.29, 0.717) is 19.1 Å². The van der Waals surface area contributed by atoms with Gasteiger partial charge in [0.15, 0.2) is 5.96 Å². The van der Waals surface area contributed by atoms with Crippen molar-refractivity contribution in [3.8, 4) is 5.75 Å². The molecule has 1 aromatic carbocycles. The maximum Gasteiger partial charge on any atom is 0.191 e. The molecule has 0 amide bonds. The Hall–Kier alpha value is -1.06. The molecule has 1 saturated heterocycles. The molecule has 0 saturated carbocycles. The van der Waals surface area contributed by atoms with Gasteiger partial charge in [-0.25, -0.2) is 4.99 Å². The number of rotatable bonds is 9. The standard InChI is InChI=1S/C24H42N4O2.HI/c1-7-25-23(27-18-20-12-10-15-30-22(20)24(2,3)4)26-17-19-11-8-9-13-21(19)29-16-14-28(5)6;/h8-9,11,13,20,22H,7,10,12,14-18H2,1-6H3,(H2,25,26,27);1H. The first-order chi connectivity index (χ1) is 14.3. The Bertz CT molecular complexity index is 661. The van der Waals surface area contributed by atoms with Crippen molar-refractivity contribution < 1.29 is 9.47 Å². The molecule has 1 heterocycles. The molecule has 2 rings (SSSR count). The van der Waals surface area contributed by atoms with Crippen molar-refractivity contribution >= 4 is 29.9 Å². The fourth-order valence-electron chi connectivity index (χ4n) is 3.86. The highest BCUT2D eigenvalue weighted by molar-refractivity contribution is 14.0. The number of para-hydroxylation sites is 1. The van der Waals surface area contributed by atoms with Gasteiger partial charge in [0.25, 0.3) is 0 Å². The minimum atomic E-state index is 0. The fourth-order valence-corrected chi connectivity index (χ4v) is 3.86. The van der Waals surface area contributed by atoms with Gasteiger partial charge in [-0.1, -0.05) is 39.0 Å². The molecule has 1 aromatic rings. The van der Waals surface area contributed by atoms with E-state index in [9.17, 15) is 0 Å². The highest BCUT2D eigenvalue weighted by Crippen LogP contribution is 2.33. The lowest BCUT2D eigenvalue weighted by Crippen LogP contribution is -2.47. The topological polar surface area (TPSA) is 58.1 Å². The summed E-state index contributed by atoms with van der Waals surface area (Å²) in [5, 5.41) is 6.93. The van der Waals surface area contributed by atoms with Crippen LogP contribution in [0.5, 0.6) is 5.75 Å². The van der Waals surface area contributed by atoms with E-state index in [1.807, 2.05) is 18.2 Å². The van der Waals surface area contributed by atoms with Crippen LogP contribution in [0.2, 0.25) is 0 Å². The van der Waals surface area contributed by atoms with Crippen LogP contribution >= 0.6 is 24.0 Å². The third kappa shape index (κ3) is 9.95. The van der Waals surface area contributed by atoms with Gasteiger partial charge in [0, 0.05) is 37.7 Å². The molecule has 2 atom stereocenters. The predicted octanol–water partition coefficient (Wildman–Crippen LogP) is 4.14. The van der Waals surface area contributed by atoms with E-state index in [4.69, 9.17) is 14.5 Å². The molecule has 31 heavy (non-hydrogen) atoms. The average molecular weight is 547 g/mol. The van der Waals surface area contributed by atoms with E-state index in [-0.39, 0.29) is 35.5 Å². The van der Waals surface area contributed by atoms with Crippen LogP contribution in [0.4, 0.5) is 0 Å². The Morgan fingerprint density at radius 2 is 1.97 bits per heavy atom. The normalized spacial score (nSPS) is 19.6. The van der Waals surface area contributed by atoms with Gasteiger partial charge in [0.1, 0.15) is 12.4 Å². The second-order valence-corrected chi connectivity index (χ2v) is 9.40. The third-order valence-corrected chi connectivity index (χ3v) is 5.35. The van der Waals surface area contributed by atoms with Gasteiger partial charge >= 0.3 is 0 Å². The highest BCUT2D eigenvalue weighted by Gasteiger charge is 2.35. The molecule has 0 aromatic heterocycles. The fraction of sp³-hybridized carbons (Fsp3) is 0.708. The van der Waals surface area contributed by atoms with Crippen LogP contribution in [0.15, 0.2) is 29.3 Å². The summed E-state index contributed by atoms with van der Waals surface area (Å²) >= 11 is 0. The molecule has 2 N–H and O–H groups in total. The number of guanidine groups is 1. The Morgan fingerprint density at radius 1 is 1.23 bits per heavy atom. The summed E-state index contributed by atoms with van der Waals surface area (Å²) in [5.41, 5.74) is 1.24. The molecular weight excluding hydrogens is 503 g/mol. The van der Waals surface area contributed by atoms with Crippen LogP contribution < -0.4 is 15.4 Å². The maximum atomic E-state index is 6.13. The molecule has 7 heteroatoms. The van der Waals surface area contributed by atoms with Gasteiger partial charge in [-0.3, -0.25) is 0 Å². The van der Waals surface area contributed by atoms with Gasteiger partial charge in [-0.2, -0.15) is 0 Å². The Morgan fingerprint density at radius 3 is 2.65 bits per heavy atom. The number of aliphatic imine (C=N–C) groups is 1. The lowest BCUT2D eigenvalue weighted by molar-refractivity contribution is -0.0835. The number of nitrogens with zero attached hydrogens (tertiary/aromatic N) is 2. The number of hydrogen-bond acceptors (Lipinski definition) is 4. The van der Waals surface area contributed by atoms with E-state index in [1.54, 1.807) is 0 Å². The Balaban J connectivity index is 0.00000480. The van der Waals surface area contributed by atoms with Crippen LogP contribution in [0, 0.1) is 11.3 Å². The summed E-state index contributed by atoms with van der Waals surface area (Å²) in [6.07, 6.45) is 2.59. The second kappa shape index (κ2) is 14.2. The zero-order valence-electron chi connectivity index (χ0n) is 20.2. The molecule has 0 aliphatic carbocycles. The van der Waals surface area contributed by atoms with Gasteiger partial charge in [0.05, 0.1) is 12.6 Å². The molecule has 0 spiro atoms. The third-order valence-electron chi connectivity index (χ3n) is 5.35. The van der Waals surface area contributed by atoms with Gasteiger partial charge in [0.2, 0.25) is 0 Å². The van der Waals surface area contributed by atoms with E-state index in [0.717, 1.165) is 49.9 Å². The zero-order valence-corrected chi connectivity index (χ0v) is 22.6. The lowest BCUT2D eigenvalue weighted by atomic mass is 9.78. The summed E-state index contributed by atoms with van der Waals surface area (Å²) in [6.45, 7) is 13.6. The molecule has 1 fully saturated rings. The smallest absolute Gasteiger partial charge is 0.191 e. The molecule has 1 aliphatic rings. The first kappa shape index (κ1) is 28.0. The van der Waals surface area contributed by atoms with Crippen molar-refractivity contribution in [1.82, 2.24) is 15.5 Å². The van der Waals surface area contributed by atoms with Crippen LogP contribution in [0.1, 0.15) is 46.1 Å². The quantitative estimate of drug-likeness (QED) is 0.277. The summed E-state index contributed by atoms with van der Waals surface area (Å²) in [4.78, 5) is 6.94. The molecule has 0 radical (unpaired) electrons. The number of nitrogens with one attached hydrogen (secondary N) is 2. The maximum absolute atomic E-state index is 6.13. The average Bonchev–Trinajstić information content (AvgIpc) is 2.70. The lowest BCUT2D eigenvalue weighted by Gasteiger charge is -2.40. The summed E-state index contributed by atoms with van der Waals surface area (Å²) < 4.78 is 12.1. The van der Waals surface area contributed by atoms with Crippen molar-refractivity contribution in [3.05, 3.63) is 29.8 Å². The van der Waals surface area contributed by atoms with Gasteiger partial charge < -0.3 is 25.0 Å². The van der Waals surface area contributed by atoms with Crippen molar-refractivity contribution in [2.75, 3.05) is 46.9 Å². The van der Waals surface area contributed by atoms with Crippen molar-refractivity contribution in [1.29, 1.82) is 0 Å². The van der Waals surface area contributed by atoms with Crippen molar-refractivity contribution in [3.63, 3.8) is 0 Å². The van der Waals surface area contributed by atoms with Crippen molar-refractivity contribution in [2.24, 2.45) is 16.3 Å². The molecule has 0 bridgehead atoms. The minimum Gasteiger partial charge on any atom is -0.492 e. The van der Waals surface area contributed by atoms with Crippen LogP contribution in [0.3, 0.4) is 0 Å². The van der Waals surface area contributed by atoms with Crippen molar-refractivity contribution in [2.45, 2.75) is 53.2 Å². The number of benzene rings is 1. The second-order valence-electron chi connectivity index (χ2n) is 9.40. The highest BCUT2D eigenvalue weighted by atomic mass is 127. The van der Waals surface area contributed by atoms with Gasteiger partial charge in [-0.05, 0) is 45.3 Å². The van der Waals surface area contributed by atoms with Crippen LogP contribution in [0.25, 0.3) is 0 Å². The Labute approximate surface area is 206 Å². The number of likely N-dealkylation sites (N-methyl/N-ethyl adjacent to an activating group) is 1. The first-order valence-electron chi connectivity index (χ1n) is 11.3. The minimum absolute atomic E-state index is 0. The van der Waals surface area contributed by atoms with E-state index in [2.05, 4.69) is 63.4 Å². The molecular formula is C24H43IN4O2. The molecule has 1 aliphatic heterocycles. The first-order valence-corrected chi connectivity index (χ1v) is 11.3. The monoisotopic (exact) mass is 546 g/mol. The summed E-state index contributed by atoms with van der Waals surface area (Å²) in [6, 6.07) is 8.16. The van der Waals surface area contributed by atoms with Crippen LogP contribution in [-0.4, -0.2) is 63.9 Å². The van der Waals surface area contributed by atoms with E-state index >= 15 is 0 Å². The molecule has 2 unspecified atom stereocenters. The number of hydrogen-bond donors (Lipinski definition) is 2. The predicted molar refractivity (Wildman–Crippen MR) is 141 cm³/mol.